The molecule has 1 N–H and O–H groups in total. The first kappa shape index (κ1) is 18.1. The van der Waals surface area contributed by atoms with Crippen LogP contribution < -0.4 is 10.1 Å². The van der Waals surface area contributed by atoms with E-state index in [2.05, 4.69) is 15.3 Å². The molecule has 1 aromatic carbocycles. The molecule has 0 aliphatic heterocycles. The molecule has 0 fully saturated rings. The zero-order valence-corrected chi connectivity index (χ0v) is 15.8. The van der Waals surface area contributed by atoms with E-state index in [-0.39, 0.29) is 11.9 Å². The maximum Gasteiger partial charge on any atom is 0.251 e. The number of fused-ring (bicyclic) bond motifs is 1. The van der Waals surface area contributed by atoms with E-state index in [1.54, 1.807) is 24.5 Å². The molecule has 1 atom stereocenters. The van der Waals surface area contributed by atoms with Crippen molar-refractivity contribution < 1.29 is 9.53 Å². The summed E-state index contributed by atoms with van der Waals surface area (Å²) in [6, 6.07) is 10.9. The Morgan fingerprint density at radius 2 is 1.96 bits per heavy atom. The molecule has 4 rings (SSSR count). The van der Waals surface area contributed by atoms with Gasteiger partial charge in [-0.15, -0.1) is 0 Å². The molecule has 2 aromatic heterocycles. The van der Waals surface area contributed by atoms with Gasteiger partial charge in [0.25, 0.3) is 5.91 Å². The number of amides is 1. The number of ether oxygens (including phenoxy) is 1. The lowest BCUT2D eigenvalue weighted by atomic mass is 9.92. The number of pyridine rings is 1. The van der Waals surface area contributed by atoms with Crippen LogP contribution in [0.25, 0.3) is 11.4 Å². The first-order chi connectivity index (χ1) is 13.7. The third-order valence-electron chi connectivity index (χ3n) is 4.85. The Morgan fingerprint density at radius 3 is 2.71 bits per heavy atom. The molecular weight excluding hydrogens is 352 g/mol. The Balaban J connectivity index is 1.52. The van der Waals surface area contributed by atoms with Crippen LogP contribution in [0.4, 0.5) is 0 Å². The van der Waals surface area contributed by atoms with Gasteiger partial charge in [0.1, 0.15) is 5.75 Å². The van der Waals surface area contributed by atoms with Gasteiger partial charge >= 0.3 is 0 Å². The molecule has 1 aliphatic carbocycles. The van der Waals surface area contributed by atoms with Crippen molar-refractivity contribution in [1.29, 1.82) is 0 Å². The zero-order valence-electron chi connectivity index (χ0n) is 15.8. The number of hydrogen-bond acceptors (Lipinski definition) is 5. The third-order valence-corrected chi connectivity index (χ3v) is 4.85. The Labute approximate surface area is 164 Å². The summed E-state index contributed by atoms with van der Waals surface area (Å²) in [5, 5.41) is 3.13. The lowest BCUT2D eigenvalue weighted by molar-refractivity contribution is 0.0932. The number of nitrogens with one attached hydrogen (secondary N) is 1. The molecule has 2 heterocycles. The fourth-order valence-corrected chi connectivity index (χ4v) is 3.45. The van der Waals surface area contributed by atoms with Gasteiger partial charge in [-0.2, -0.15) is 0 Å². The molecule has 6 nitrogen and oxygen atoms in total. The van der Waals surface area contributed by atoms with E-state index in [0.717, 1.165) is 41.8 Å². The molecular formula is C22H22N4O2. The van der Waals surface area contributed by atoms with Gasteiger partial charge in [-0.3, -0.25) is 9.78 Å². The SMILES string of the molecule is CCOc1ccc(C(=O)N[C@H]2CCCc3nc(-c4ccncc4)ncc32)cc1. The highest BCUT2D eigenvalue weighted by Gasteiger charge is 2.24. The fourth-order valence-electron chi connectivity index (χ4n) is 3.45. The summed E-state index contributed by atoms with van der Waals surface area (Å²) in [5.41, 5.74) is 3.57. The molecule has 0 radical (unpaired) electrons. The van der Waals surface area contributed by atoms with Gasteiger partial charge in [0.15, 0.2) is 5.82 Å². The molecule has 142 valence electrons. The van der Waals surface area contributed by atoms with Gasteiger partial charge in [0, 0.05) is 41.0 Å². The summed E-state index contributed by atoms with van der Waals surface area (Å²) in [6.45, 7) is 2.54. The molecule has 0 unspecified atom stereocenters. The van der Waals surface area contributed by atoms with E-state index >= 15 is 0 Å². The molecule has 0 spiro atoms. The molecule has 1 amide bonds. The van der Waals surface area contributed by atoms with Crippen LogP contribution in [0.3, 0.4) is 0 Å². The van der Waals surface area contributed by atoms with Crippen LogP contribution in [0.1, 0.15) is 47.4 Å². The lowest BCUT2D eigenvalue weighted by Gasteiger charge is -2.25. The first-order valence-electron chi connectivity index (χ1n) is 9.54. The van der Waals surface area contributed by atoms with Crippen LogP contribution >= 0.6 is 0 Å². The Kier molecular flexibility index (Phi) is 5.28. The third kappa shape index (κ3) is 3.86. The van der Waals surface area contributed by atoms with Gasteiger partial charge in [-0.1, -0.05) is 0 Å². The predicted molar refractivity (Wildman–Crippen MR) is 106 cm³/mol. The van der Waals surface area contributed by atoms with Crippen LogP contribution in [0.2, 0.25) is 0 Å². The molecule has 0 saturated carbocycles. The van der Waals surface area contributed by atoms with Gasteiger partial charge < -0.3 is 10.1 Å². The minimum absolute atomic E-state index is 0.0747. The lowest BCUT2D eigenvalue weighted by Crippen LogP contribution is -2.31. The Hall–Kier alpha value is -3.28. The van der Waals surface area contributed by atoms with Crippen molar-refractivity contribution in [1.82, 2.24) is 20.3 Å². The number of nitrogens with zero attached hydrogens (tertiary/aromatic N) is 3. The minimum atomic E-state index is -0.0980. The number of carbonyl (C=O) groups is 1. The van der Waals surface area contributed by atoms with Crippen LogP contribution in [0, 0.1) is 0 Å². The summed E-state index contributed by atoms with van der Waals surface area (Å²) >= 11 is 0. The highest BCUT2D eigenvalue weighted by molar-refractivity contribution is 5.94. The van der Waals surface area contributed by atoms with Gasteiger partial charge in [-0.05, 0) is 62.6 Å². The van der Waals surface area contributed by atoms with Crippen molar-refractivity contribution in [3.05, 3.63) is 71.8 Å². The van der Waals surface area contributed by atoms with E-state index in [4.69, 9.17) is 9.72 Å². The standard InChI is InChI=1S/C22H22N4O2/c1-2-28-17-8-6-16(7-9-17)22(27)26-20-5-3-4-19-18(20)14-24-21(25-19)15-10-12-23-13-11-15/h6-14,20H,2-5H2,1H3,(H,26,27)/t20-/m0/s1. The van der Waals surface area contributed by atoms with Crippen molar-refractivity contribution >= 4 is 5.91 Å². The normalized spacial score (nSPS) is 15.5. The Morgan fingerprint density at radius 1 is 1.18 bits per heavy atom. The highest BCUT2D eigenvalue weighted by Crippen LogP contribution is 2.30. The number of carbonyl (C=O) groups excluding carboxylic acids is 1. The maximum absolute atomic E-state index is 12.7. The highest BCUT2D eigenvalue weighted by atomic mass is 16.5. The van der Waals surface area contributed by atoms with E-state index in [1.807, 2.05) is 37.4 Å². The predicted octanol–water partition coefficient (Wildman–Crippen LogP) is 3.74. The van der Waals surface area contributed by atoms with E-state index < -0.39 is 0 Å². The molecule has 6 heteroatoms. The average Bonchev–Trinajstić information content (AvgIpc) is 2.75. The number of benzene rings is 1. The smallest absolute Gasteiger partial charge is 0.251 e. The summed E-state index contributed by atoms with van der Waals surface area (Å²) in [5.74, 6) is 1.36. The largest absolute Gasteiger partial charge is 0.494 e. The van der Waals surface area contributed by atoms with Crippen molar-refractivity contribution in [3.63, 3.8) is 0 Å². The van der Waals surface area contributed by atoms with Gasteiger partial charge in [-0.25, -0.2) is 9.97 Å². The monoisotopic (exact) mass is 374 g/mol. The number of rotatable bonds is 5. The molecule has 1 aliphatic rings. The first-order valence-corrected chi connectivity index (χ1v) is 9.54. The van der Waals surface area contributed by atoms with Crippen LogP contribution in [0.5, 0.6) is 5.75 Å². The molecule has 0 saturated heterocycles. The van der Waals surface area contributed by atoms with E-state index in [9.17, 15) is 4.79 Å². The zero-order chi connectivity index (χ0) is 19.3. The van der Waals surface area contributed by atoms with Crippen molar-refractivity contribution in [2.75, 3.05) is 6.61 Å². The van der Waals surface area contributed by atoms with Crippen LogP contribution in [-0.2, 0) is 6.42 Å². The number of aryl methyl sites for hydroxylation is 1. The van der Waals surface area contributed by atoms with Crippen molar-refractivity contribution in [2.45, 2.75) is 32.2 Å². The topological polar surface area (TPSA) is 77.0 Å². The average molecular weight is 374 g/mol. The summed E-state index contributed by atoms with van der Waals surface area (Å²) in [7, 11) is 0. The minimum Gasteiger partial charge on any atom is -0.494 e. The molecule has 0 bridgehead atoms. The number of hydrogen-bond donors (Lipinski definition) is 1. The second kappa shape index (κ2) is 8.17. The summed E-state index contributed by atoms with van der Waals surface area (Å²) in [4.78, 5) is 26.0. The fraction of sp³-hybridized carbons (Fsp3) is 0.273. The summed E-state index contributed by atoms with van der Waals surface area (Å²) < 4.78 is 5.43. The van der Waals surface area contributed by atoms with E-state index in [0.29, 0.717) is 18.0 Å². The Bertz CT molecular complexity index is 958. The van der Waals surface area contributed by atoms with Crippen molar-refractivity contribution in [2.24, 2.45) is 0 Å². The maximum atomic E-state index is 12.7. The van der Waals surface area contributed by atoms with Crippen LogP contribution in [0.15, 0.2) is 55.0 Å². The second-order valence-corrected chi connectivity index (χ2v) is 6.71. The molecule has 28 heavy (non-hydrogen) atoms. The quantitative estimate of drug-likeness (QED) is 0.736. The number of aromatic nitrogens is 3. The van der Waals surface area contributed by atoms with Gasteiger partial charge in [0.2, 0.25) is 0 Å². The second-order valence-electron chi connectivity index (χ2n) is 6.71. The van der Waals surface area contributed by atoms with Crippen LogP contribution in [-0.4, -0.2) is 27.5 Å². The summed E-state index contributed by atoms with van der Waals surface area (Å²) in [6.07, 6.45) is 8.07. The molecule has 3 aromatic rings. The van der Waals surface area contributed by atoms with E-state index in [1.165, 1.54) is 0 Å². The van der Waals surface area contributed by atoms with Crippen molar-refractivity contribution in [3.8, 4) is 17.1 Å². The van der Waals surface area contributed by atoms with Gasteiger partial charge in [0.05, 0.1) is 12.6 Å².